The summed E-state index contributed by atoms with van der Waals surface area (Å²) in [5.41, 5.74) is 5.64. The van der Waals surface area contributed by atoms with Gasteiger partial charge in [-0.3, -0.25) is 4.79 Å². The van der Waals surface area contributed by atoms with Crippen molar-refractivity contribution in [3.05, 3.63) is 6.20 Å². The van der Waals surface area contributed by atoms with E-state index in [2.05, 4.69) is 28.8 Å². The fourth-order valence-electron chi connectivity index (χ4n) is 1.39. The van der Waals surface area contributed by atoms with Gasteiger partial charge in [0.05, 0.1) is 6.20 Å². The summed E-state index contributed by atoms with van der Waals surface area (Å²) in [6, 6.07) is 0. The van der Waals surface area contributed by atoms with E-state index in [-0.39, 0.29) is 11.3 Å². The minimum Gasteiger partial charge on any atom is -0.330 e. The summed E-state index contributed by atoms with van der Waals surface area (Å²) in [6.07, 6.45) is 3.82. The highest BCUT2D eigenvalue weighted by Crippen LogP contribution is 2.26. The minimum absolute atomic E-state index is 0.0103. The molecule has 1 aromatic rings. The van der Waals surface area contributed by atoms with Crippen molar-refractivity contribution < 1.29 is 4.79 Å². The molecule has 5 nitrogen and oxygen atoms in total. The topological polar surface area (TPSA) is 80.9 Å². The molecular formula is C10H18N4OS. The second-order valence-corrected chi connectivity index (χ2v) is 5.32. The molecule has 3 N–H and O–H groups in total. The molecule has 0 atom stereocenters. The largest absolute Gasteiger partial charge is 0.330 e. The Kier molecular flexibility index (Phi) is 4.82. The zero-order valence-corrected chi connectivity index (χ0v) is 10.5. The zero-order valence-electron chi connectivity index (χ0n) is 9.69. The first-order valence-corrected chi connectivity index (χ1v) is 6.08. The van der Waals surface area contributed by atoms with Crippen molar-refractivity contribution in [1.29, 1.82) is 0 Å². The predicted octanol–water partition coefficient (Wildman–Crippen LogP) is 1.63. The lowest BCUT2D eigenvalue weighted by atomic mass is 9.84. The molecule has 90 valence electrons. The number of hydrogen-bond acceptors (Lipinski definition) is 5. The van der Waals surface area contributed by atoms with Crippen LogP contribution in [0.5, 0.6) is 0 Å². The van der Waals surface area contributed by atoms with Crippen LogP contribution in [0.15, 0.2) is 6.20 Å². The third kappa shape index (κ3) is 4.67. The molecule has 1 rings (SSSR count). The van der Waals surface area contributed by atoms with Crippen LogP contribution in [0.4, 0.5) is 5.00 Å². The van der Waals surface area contributed by atoms with Gasteiger partial charge in [-0.05, 0) is 24.8 Å². The third-order valence-corrected chi connectivity index (χ3v) is 3.05. The SMILES string of the molecule is CC(C)(CCN)CCC(=O)Nc1cnns1. The molecule has 0 bridgehead atoms. The smallest absolute Gasteiger partial charge is 0.225 e. The van der Waals surface area contributed by atoms with Gasteiger partial charge in [-0.1, -0.05) is 18.3 Å². The number of anilines is 1. The number of hydrogen-bond donors (Lipinski definition) is 2. The van der Waals surface area contributed by atoms with Gasteiger partial charge in [-0.25, -0.2) is 0 Å². The molecule has 0 aromatic carbocycles. The molecule has 0 fully saturated rings. The van der Waals surface area contributed by atoms with E-state index in [9.17, 15) is 4.79 Å². The first-order valence-electron chi connectivity index (χ1n) is 5.31. The molecule has 0 saturated heterocycles. The number of amides is 1. The number of nitrogens with zero attached hydrogens (tertiary/aromatic N) is 2. The maximum absolute atomic E-state index is 11.6. The van der Waals surface area contributed by atoms with Crippen molar-refractivity contribution in [3.8, 4) is 0 Å². The molecule has 0 aliphatic heterocycles. The standard InChI is InChI=1S/C10H18N4OS/c1-10(2,5-6-11)4-3-8(15)13-9-7-12-14-16-9/h7H,3-6,11H2,1-2H3,(H,13,15). The van der Waals surface area contributed by atoms with Crippen LogP contribution in [0.3, 0.4) is 0 Å². The first-order chi connectivity index (χ1) is 7.53. The van der Waals surface area contributed by atoms with Crippen LogP contribution in [0, 0.1) is 5.41 Å². The van der Waals surface area contributed by atoms with Crippen molar-refractivity contribution in [3.63, 3.8) is 0 Å². The Morgan fingerprint density at radius 3 is 2.88 bits per heavy atom. The van der Waals surface area contributed by atoms with E-state index in [0.717, 1.165) is 12.8 Å². The summed E-state index contributed by atoms with van der Waals surface area (Å²) in [5.74, 6) is 0.0103. The van der Waals surface area contributed by atoms with Gasteiger partial charge in [0.2, 0.25) is 5.91 Å². The first kappa shape index (κ1) is 13.1. The summed E-state index contributed by atoms with van der Waals surface area (Å²) in [4.78, 5) is 11.6. The third-order valence-electron chi connectivity index (χ3n) is 2.47. The van der Waals surface area contributed by atoms with E-state index >= 15 is 0 Å². The van der Waals surface area contributed by atoms with Crippen molar-refractivity contribution in [2.24, 2.45) is 11.1 Å². The molecular weight excluding hydrogens is 224 g/mol. The summed E-state index contributed by atoms with van der Waals surface area (Å²) in [5, 5.41) is 7.11. The fraction of sp³-hybridized carbons (Fsp3) is 0.700. The van der Waals surface area contributed by atoms with E-state index in [4.69, 9.17) is 5.73 Å². The average Bonchev–Trinajstić information content (AvgIpc) is 2.68. The Hall–Kier alpha value is -1.01. The Balaban J connectivity index is 2.30. The average molecular weight is 242 g/mol. The maximum Gasteiger partial charge on any atom is 0.225 e. The summed E-state index contributed by atoms with van der Waals surface area (Å²) in [7, 11) is 0. The van der Waals surface area contributed by atoms with Gasteiger partial charge in [0.25, 0.3) is 0 Å². The van der Waals surface area contributed by atoms with Gasteiger partial charge in [-0.2, -0.15) is 0 Å². The monoisotopic (exact) mass is 242 g/mol. The fourth-order valence-corrected chi connectivity index (χ4v) is 1.83. The molecule has 16 heavy (non-hydrogen) atoms. The Morgan fingerprint density at radius 1 is 1.56 bits per heavy atom. The summed E-state index contributed by atoms with van der Waals surface area (Å²) >= 11 is 1.18. The summed E-state index contributed by atoms with van der Waals surface area (Å²) < 4.78 is 3.67. The molecule has 0 aliphatic rings. The normalized spacial score (nSPS) is 11.4. The second kappa shape index (κ2) is 5.91. The van der Waals surface area contributed by atoms with Crippen LogP contribution in [0.25, 0.3) is 0 Å². The molecule has 0 saturated carbocycles. The quantitative estimate of drug-likeness (QED) is 0.794. The van der Waals surface area contributed by atoms with Gasteiger partial charge >= 0.3 is 0 Å². The van der Waals surface area contributed by atoms with E-state index < -0.39 is 0 Å². The lowest BCUT2D eigenvalue weighted by Gasteiger charge is -2.23. The highest BCUT2D eigenvalue weighted by atomic mass is 32.1. The van der Waals surface area contributed by atoms with Crippen molar-refractivity contribution in [2.45, 2.75) is 33.1 Å². The Labute approximate surface area is 99.6 Å². The van der Waals surface area contributed by atoms with Gasteiger partial charge in [0, 0.05) is 18.0 Å². The molecule has 0 spiro atoms. The van der Waals surface area contributed by atoms with Gasteiger partial charge in [0.1, 0.15) is 5.00 Å². The lowest BCUT2D eigenvalue weighted by molar-refractivity contribution is -0.116. The molecule has 1 heterocycles. The Bertz CT molecular complexity index is 324. The van der Waals surface area contributed by atoms with Crippen LogP contribution in [-0.4, -0.2) is 22.0 Å². The van der Waals surface area contributed by atoms with E-state index in [0.29, 0.717) is 18.0 Å². The number of carbonyl (C=O) groups excluding carboxylic acids is 1. The molecule has 0 radical (unpaired) electrons. The van der Waals surface area contributed by atoms with E-state index in [1.54, 1.807) is 6.20 Å². The molecule has 0 unspecified atom stereocenters. The lowest BCUT2D eigenvalue weighted by Crippen LogP contribution is -2.20. The van der Waals surface area contributed by atoms with Crippen LogP contribution < -0.4 is 11.1 Å². The summed E-state index contributed by atoms with van der Waals surface area (Å²) in [6.45, 7) is 4.91. The van der Waals surface area contributed by atoms with Crippen LogP contribution in [-0.2, 0) is 4.79 Å². The van der Waals surface area contributed by atoms with E-state index in [1.165, 1.54) is 11.5 Å². The zero-order chi connectivity index (χ0) is 12.0. The number of carbonyl (C=O) groups is 1. The molecule has 1 aromatic heterocycles. The molecule has 6 heteroatoms. The van der Waals surface area contributed by atoms with Crippen LogP contribution in [0.1, 0.15) is 33.1 Å². The van der Waals surface area contributed by atoms with Gasteiger partial charge < -0.3 is 11.1 Å². The van der Waals surface area contributed by atoms with Crippen LogP contribution in [0.2, 0.25) is 0 Å². The Morgan fingerprint density at radius 2 is 2.31 bits per heavy atom. The van der Waals surface area contributed by atoms with Gasteiger partial charge in [-0.15, -0.1) is 5.10 Å². The molecule has 1 amide bonds. The van der Waals surface area contributed by atoms with E-state index in [1.807, 2.05) is 0 Å². The number of rotatable bonds is 6. The second-order valence-electron chi connectivity index (χ2n) is 4.53. The maximum atomic E-state index is 11.6. The number of nitrogens with two attached hydrogens (primary N) is 1. The van der Waals surface area contributed by atoms with Gasteiger partial charge in [0.15, 0.2) is 0 Å². The van der Waals surface area contributed by atoms with Crippen molar-refractivity contribution in [2.75, 3.05) is 11.9 Å². The highest BCUT2D eigenvalue weighted by molar-refractivity contribution is 7.10. The minimum atomic E-state index is 0.0103. The van der Waals surface area contributed by atoms with Crippen molar-refractivity contribution in [1.82, 2.24) is 9.59 Å². The number of nitrogens with one attached hydrogen (secondary N) is 1. The number of aromatic nitrogens is 2. The molecule has 0 aliphatic carbocycles. The van der Waals surface area contributed by atoms with Crippen molar-refractivity contribution >= 4 is 22.4 Å². The highest BCUT2D eigenvalue weighted by Gasteiger charge is 2.18. The van der Waals surface area contributed by atoms with Crippen LogP contribution >= 0.6 is 11.5 Å². The predicted molar refractivity (Wildman–Crippen MR) is 65.2 cm³/mol.